The second-order valence-electron chi connectivity index (χ2n) is 6.09. The first-order valence-electron chi connectivity index (χ1n) is 8.08. The number of hydrogen-bond acceptors (Lipinski definition) is 4. The maximum Gasteiger partial charge on any atom is 0.416 e. The molecule has 0 amide bonds. The predicted octanol–water partition coefficient (Wildman–Crippen LogP) is 3.48. The molecule has 0 saturated heterocycles. The van der Waals surface area contributed by atoms with E-state index in [9.17, 15) is 21.6 Å². The molecule has 0 atom stereocenters. The standard InChI is InChI=1S/C18H13F3N4O2S/c1-22-28(26,27)13-6-7-14-15(8-13)17-24-23-10-25(17)9-16(14)11-2-4-12(5-3-11)18(19,20)21/h2-10,22H,1H3. The highest BCUT2D eigenvalue weighted by atomic mass is 32.2. The molecule has 2 heterocycles. The second kappa shape index (κ2) is 6.28. The lowest BCUT2D eigenvalue weighted by molar-refractivity contribution is -0.137. The lowest BCUT2D eigenvalue weighted by atomic mass is 9.99. The lowest BCUT2D eigenvalue weighted by Crippen LogP contribution is -2.18. The molecule has 10 heteroatoms. The third-order valence-corrected chi connectivity index (χ3v) is 5.88. The van der Waals surface area contributed by atoms with Gasteiger partial charge in [-0.1, -0.05) is 18.2 Å². The fourth-order valence-electron chi connectivity index (χ4n) is 3.04. The van der Waals surface area contributed by atoms with Gasteiger partial charge >= 0.3 is 6.18 Å². The molecule has 0 aliphatic heterocycles. The Balaban J connectivity index is 1.98. The van der Waals surface area contributed by atoms with Gasteiger partial charge < -0.3 is 0 Å². The molecule has 28 heavy (non-hydrogen) atoms. The third-order valence-electron chi connectivity index (χ3n) is 4.47. The minimum Gasteiger partial charge on any atom is -0.288 e. The minimum absolute atomic E-state index is 0.0527. The summed E-state index contributed by atoms with van der Waals surface area (Å²) in [4.78, 5) is 0.0527. The fraction of sp³-hybridized carbons (Fsp3) is 0.111. The zero-order valence-corrected chi connectivity index (χ0v) is 15.2. The zero-order valence-electron chi connectivity index (χ0n) is 14.4. The third kappa shape index (κ3) is 3.00. The van der Waals surface area contributed by atoms with Crippen molar-refractivity contribution in [1.82, 2.24) is 19.3 Å². The van der Waals surface area contributed by atoms with Gasteiger partial charge in [-0.25, -0.2) is 13.1 Å². The number of benzene rings is 2. The molecule has 6 nitrogen and oxygen atoms in total. The first-order valence-corrected chi connectivity index (χ1v) is 9.56. The molecule has 0 spiro atoms. The van der Waals surface area contributed by atoms with Crippen LogP contribution in [0.1, 0.15) is 5.56 Å². The summed E-state index contributed by atoms with van der Waals surface area (Å²) in [6.07, 6.45) is -1.27. The quantitative estimate of drug-likeness (QED) is 0.565. The summed E-state index contributed by atoms with van der Waals surface area (Å²) in [6, 6.07) is 9.31. The minimum atomic E-state index is -4.42. The molecule has 0 saturated carbocycles. The molecule has 0 aliphatic rings. The maximum atomic E-state index is 12.8. The predicted molar refractivity (Wildman–Crippen MR) is 97.2 cm³/mol. The van der Waals surface area contributed by atoms with E-state index in [4.69, 9.17) is 0 Å². The first kappa shape index (κ1) is 18.4. The second-order valence-corrected chi connectivity index (χ2v) is 7.98. The monoisotopic (exact) mass is 406 g/mol. The van der Waals surface area contributed by atoms with E-state index in [1.54, 1.807) is 16.7 Å². The number of pyridine rings is 1. The van der Waals surface area contributed by atoms with E-state index in [2.05, 4.69) is 14.9 Å². The summed E-state index contributed by atoms with van der Waals surface area (Å²) in [5.41, 5.74) is 0.884. The normalized spacial score (nSPS) is 12.7. The molecule has 0 bridgehead atoms. The molecule has 1 N–H and O–H groups in total. The Morgan fingerprint density at radius 1 is 1.04 bits per heavy atom. The number of hydrogen-bond donors (Lipinski definition) is 1. The molecule has 0 fully saturated rings. The van der Waals surface area contributed by atoms with Gasteiger partial charge in [-0.2, -0.15) is 13.2 Å². The van der Waals surface area contributed by atoms with E-state index in [-0.39, 0.29) is 4.90 Å². The van der Waals surface area contributed by atoms with Crippen molar-refractivity contribution in [2.45, 2.75) is 11.1 Å². The van der Waals surface area contributed by atoms with Gasteiger partial charge in [-0.15, -0.1) is 10.2 Å². The topological polar surface area (TPSA) is 76.4 Å². The van der Waals surface area contributed by atoms with Crippen LogP contribution in [0.2, 0.25) is 0 Å². The van der Waals surface area contributed by atoms with Gasteiger partial charge in [0.2, 0.25) is 10.0 Å². The molecule has 4 rings (SSSR count). The summed E-state index contributed by atoms with van der Waals surface area (Å²) in [6.45, 7) is 0. The van der Waals surface area contributed by atoms with Crippen LogP contribution in [0.25, 0.3) is 27.5 Å². The average Bonchev–Trinajstić information content (AvgIpc) is 3.15. The molecule has 0 aliphatic carbocycles. The summed E-state index contributed by atoms with van der Waals surface area (Å²) in [5, 5.41) is 9.04. The Labute approximate surface area is 157 Å². The summed E-state index contributed by atoms with van der Waals surface area (Å²) in [5.74, 6) is 0. The Hall–Kier alpha value is -2.98. The van der Waals surface area contributed by atoms with Crippen LogP contribution in [-0.2, 0) is 16.2 Å². The van der Waals surface area contributed by atoms with Crippen LogP contribution in [-0.4, -0.2) is 30.1 Å². The van der Waals surface area contributed by atoms with E-state index in [1.807, 2.05) is 0 Å². The van der Waals surface area contributed by atoms with Crippen LogP contribution in [0.3, 0.4) is 0 Å². The highest BCUT2D eigenvalue weighted by molar-refractivity contribution is 7.89. The molecule has 2 aromatic heterocycles. The van der Waals surface area contributed by atoms with Crippen molar-refractivity contribution in [3.05, 3.63) is 60.6 Å². The Kier molecular flexibility index (Phi) is 4.12. The van der Waals surface area contributed by atoms with Crippen molar-refractivity contribution in [2.75, 3.05) is 7.05 Å². The maximum absolute atomic E-state index is 12.8. The largest absolute Gasteiger partial charge is 0.416 e. The van der Waals surface area contributed by atoms with Crippen LogP contribution < -0.4 is 4.72 Å². The molecular weight excluding hydrogens is 393 g/mol. The summed E-state index contributed by atoms with van der Waals surface area (Å²) >= 11 is 0. The number of halogens is 3. The Bertz CT molecular complexity index is 1300. The van der Waals surface area contributed by atoms with Crippen molar-refractivity contribution in [2.24, 2.45) is 0 Å². The van der Waals surface area contributed by atoms with Gasteiger partial charge in [-0.3, -0.25) is 4.40 Å². The number of rotatable bonds is 3. The van der Waals surface area contributed by atoms with E-state index in [0.717, 1.165) is 12.1 Å². The smallest absolute Gasteiger partial charge is 0.288 e. The average molecular weight is 406 g/mol. The van der Waals surface area contributed by atoms with Crippen LogP contribution in [0, 0.1) is 0 Å². The molecule has 4 aromatic rings. The van der Waals surface area contributed by atoms with Crippen LogP contribution in [0.5, 0.6) is 0 Å². The number of aromatic nitrogens is 3. The Morgan fingerprint density at radius 2 is 1.75 bits per heavy atom. The van der Waals surface area contributed by atoms with Gasteiger partial charge in [0.25, 0.3) is 0 Å². The number of alkyl halides is 3. The number of nitrogens with zero attached hydrogens (tertiary/aromatic N) is 3. The summed E-state index contributed by atoms with van der Waals surface area (Å²) < 4.78 is 66.7. The molecule has 144 valence electrons. The van der Waals surface area contributed by atoms with Crippen molar-refractivity contribution in [3.63, 3.8) is 0 Å². The van der Waals surface area contributed by atoms with Crippen LogP contribution in [0.4, 0.5) is 13.2 Å². The highest BCUT2D eigenvalue weighted by Gasteiger charge is 2.30. The number of sulfonamides is 1. The van der Waals surface area contributed by atoms with E-state index in [1.165, 1.54) is 37.6 Å². The van der Waals surface area contributed by atoms with Gasteiger partial charge in [0.15, 0.2) is 5.65 Å². The van der Waals surface area contributed by atoms with Crippen molar-refractivity contribution >= 4 is 26.4 Å². The van der Waals surface area contributed by atoms with Gasteiger partial charge in [0.05, 0.1) is 10.5 Å². The van der Waals surface area contributed by atoms with Crippen LogP contribution >= 0.6 is 0 Å². The van der Waals surface area contributed by atoms with E-state index < -0.39 is 21.8 Å². The summed E-state index contributed by atoms with van der Waals surface area (Å²) in [7, 11) is -2.36. The van der Waals surface area contributed by atoms with Crippen molar-refractivity contribution < 1.29 is 21.6 Å². The van der Waals surface area contributed by atoms with Crippen molar-refractivity contribution in [3.8, 4) is 11.1 Å². The van der Waals surface area contributed by atoms with Gasteiger partial charge in [0.1, 0.15) is 6.33 Å². The van der Waals surface area contributed by atoms with E-state index >= 15 is 0 Å². The van der Waals surface area contributed by atoms with Gasteiger partial charge in [0, 0.05) is 17.1 Å². The van der Waals surface area contributed by atoms with Crippen LogP contribution in [0.15, 0.2) is 59.9 Å². The van der Waals surface area contributed by atoms with E-state index in [0.29, 0.717) is 27.5 Å². The highest BCUT2D eigenvalue weighted by Crippen LogP contribution is 2.35. The lowest BCUT2D eigenvalue weighted by Gasteiger charge is -2.12. The first-order chi connectivity index (χ1) is 13.2. The molecular formula is C18H13F3N4O2S. The Morgan fingerprint density at radius 3 is 2.39 bits per heavy atom. The van der Waals surface area contributed by atoms with Gasteiger partial charge in [-0.05, 0) is 42.3 Å². The molecule has 0 radical (unpaired) electrons. The molecule has 0 unspecified atom stereocenters. The molecule has 2 aromatic carbocycles. The SMILES string of the molecule is CNS(=O)(=O)c1ccc2c(-c3ccc(C(F)(F)F)cc3)cn3cnnc3c2c1. The van der Waals surface area contributed by atoms with Crippen molar-refractivity contribution in [1.29, 1.82) is 0 Å². The fourth-order valence-corrected chi connectivity index (χ4v) is 3.79. The zero-order chi connectivity index (χ0) is 20.1. The number of nitrogens with one attached hydrogen (secondary N) is 1. The number of fused-ring (bicyclic) bond motifs is 3.